The van der Waals surface area contributed by atoms with Crippen molar-refractivity contribution in [3.63, 3.8) is 0 Å². The van der Waals surface area contributed by atoms with Crippen molar-refractivity contribution in [1.82, 2.24) is 14.9 Å². The minimum absolute atomic E-state index is 0.384. The first-order valence-electron chi connectivity index (χ1n) is 6.06. The van der Waals surface area contributed by atoms with E-state index in [9.17, 15) is 0 Å². The summed E-state index contributed by atoms with van der Waals surface area (Å²) in [5.74, 6) is 1.19. The number of hydrogen-bond donors (Lipinski definition) is 1. The molecule has 4 heteroatoms. The molecule has 90 valence electrons. The molecule has 0 saturated carbocycles. The Morgan fingerprint density at radius 3 is 3.06 bits per heavy atom. The number of ether oxygens (including phenoxy) is 1. The Bertz CT molecular complexity index is 359. The number of fused-ring (bicyclic) bond motifs is 1. The molecule has 2 rings (SSSR count). The van der Waals surface area contributed by atoms with Gasteiger partial charge in [0.2, 0.25) is 0 Å². The van der Waals surface area contributed by atoms with Crippen molar-refractivity contribution in [2.75, 3.05) is 20.3 Å². The van der Waals surface area contributed by atoms with Crippen LogP contribution in [0.5, 0.6) is 0 Å². The molecule has 0 amide bonds. The van der Waals surface area contributed by atoms with Crippen LogP contribution in [0.4, 0.5) is 0 Å². The second-order valence-electron chi connectivity index (χ2n) is 4.38. The van der Waals surface area contributed by atoms with E-state index >= 15 is 0 Å². The first-order valence-corrected chi connectivity index (χ1v) is 6.06. The van der Waals surface area contributed by atoms with Crippen LogP contribution in [0.2, 0.25) is 0 Å². The summed E-state index contributed by atoms with van der Waals surface area (Å²) < 4.78 is 7.63. The highest BCUT2D eigenvalue weighted by molar-refractivity contribution is 5.21. The minimum Gasteiger partial charge on any atom is -0.383 e. The second kappa shape index (κ2) is 4.97. The molecule has 1 aliphatic rings. The number of nitrogens with zero attached hydrogens (tertiary/aromatic N) is 2. The fraction of sp³-hybridized carbons (Fsp3) is 0.750. The molecule has 1 aromatic rings. The van der Waals surface area contributed by atoms with Gasteiger partial charge in [-0.1, -0.05) is 6.92 Å². The van der Waals surface area contributed by atoms with E-state index in [1.54, 1.807) is 7.11 Å². The van der Waals surface area contributed by atoms with Crippen LogP contribution in [0.15, 0.2) is 0 Å². The summed E-state index contributed by atoms with van der Waals surface area (Å²) in [5.41, 5.74) is 2.63. The predicted molar refractivity (Wildman–Crippen MR) is 63.6 cm³/mol. The molecule has 16 heavy (non-hydrogen) atoms. The van der Waals surface area contributed by atoms with E-state index in [2.05, 4.69) is 23.7 Å². The molecule has 4 nitrogen and oxygen atoms in total. The highest BCUT2D eigenvalue weighted by Gasteiger charge is 2.21. The number of rotatable bonds is 4. The summed E-state index contributed by atoms with van der Waals surface area (Å²) in [7, 11) is 1.76. The average molecular weight is 223 g/mol. The lowest BCUT2D eigenvalue weighted by molar-refractivity contribution is 0.159. The Balaban J connectivity index is 2.36. The zero-order valence-electron chi connectivity index (χ0n) is 10.4. The molecule has 1 atom stereocenters. The van der Waals surface area contributed by atoms with E-state index in [0.717, 1.165) is 32.5 Å². The maximum Gasteiger partial charge on any atom is 0.109 e. The van der Waals surface area contributed by atoms with Crippen LogP contribution >= 0.6 is 0 Å². The molecular weight excluding hydrogens is 202 g/mol. The van der Waals surface area contributed by atoms with Crippen LogP contribution in [0, 0.1) is 0 Å². The molecule has 0 spiro atoms. The highest BCUT2D eigenvalue weighted by atomic mass is 16.5. The summed E-state index contributed by atoms with van der Waals surface area (Å²) >= 11 is 0. The third-order valence-electron chi connectivity index (χ3n) is 3.16. The van der Waals surface area contributed by atoms with Crippen molar-refractivity contribution in [3.8, 4) is 0 Å². The Hall–Kier alpha value is -0.870. The van der Waals surface area contributed by atoms with Gasteiger partial charge in [-0.25, -0.2) is 4.98 Å². The van der Waals surface area contributed by atoms with Gasteiger partial charge in [0.05, 0.1) is 18.3 Å². The van der Waals surface area contributed by atoms with Crippen molar-refractivity contribution in [1.29, 1.82) is 0 Å². The van der Waals surface area contributed by atoms with Crippen molar-refractivity contribution in [3.05, 3.63) is 17.2 Å². The SMILES string of the molecule is CCc1nc2c(n1C(C)COC)CCNC2. The van der Waals surface area contributed by atoms with Crippen LogP contribution in [-0.4, -0.2) is 29.8 Å². The molecule has 0 fully saturated rings. The molecule has 0 aromatic carbocycles. The predicted octanol–water partition coefficient (Wildman–Crippen LogP) is 1.30. The highest BCUT2D eigenvalue weighted by Crippen LogP contribution is 2.21. The van der Waals surface area contributed by atoms with Gasteiger partial charge in [0.15, 0.2) is 0 Å². The quantitative estimate of drug-likeness (QED) is 0.836. The molecule has 1 unspecified atom stereocenters. The van der Waals surface area contributed by atoms with E-state index in [-0.39, 0.29) is 0 Å². The van der Waals surface area contributed by atoms with Gasteiger partial charge in [0.1, 0.15) is 5.82 Å². The van der Waals surface area contributed by atoms with E-state index in [1.165, 1.54) is 17.2 Å². The fourth-order valence-electron chi connectivity index (χ4n) is 2.47. The summed E-state index contributed by atoms with van der Waals surface area (Å²) in [5, 5.41) is 3.37. The summed E-state index contributed by atoms with van der Waals surface area (Å²) in [4.78, 5) is 4.72. The largest absolute Gasteiger partial charge is 0.383 e. The molecule has 1 aromatic heterocycles. The van der Waals surface area contributed by atoms with Gasteiger partial charge in [0.25, 0.3) is 0 Å². The summed E-state index contributed by atoms with van der Waals surface area (Å²) in [6, 6.07) is 0.384. The second-order valence-corrected chi connectivity index (χ2v) is 4.38. The smallest absolute Gasteiger partial charge is 0.109 e. The first kappa shape index (κ1) is 11.6. The molecule has 0 bridgehead atoms. The Kier molecular flexibility index (Phi) is 3.61. The lowest BCUT2D eigenvalue weighted by atomic mass is 10.1. The lowest BCUT2D eigenvalue weighted by Crippen LogP contribution is -2.26. The van der Waals surface area contributed by atoms with E-state index < -0.39 is 0 Å². The van der Waals surface area contributed by atoms with Gasteiger partial charge in [-0.2, -0.15) is 0 Å². The fourth-order valence-corrected chi connectivity index (χ4v) is 2.47. The standard InChI is InChI=1S/C12H21N3O/c1-4-12-14-10-7-13-6-5-11(10)15(12)9(2)8-16-3/h9,13H,4-8H2,1-3H3. The average Bonchev–Trinajstić information content (AvgIpc) is 2.67. The van der Waals surface area contributed by atoms with E-state index in [0.29, 0.717) is 6.04 Å². The van der Waals surface area contributed by atoms with Crippen molar-refractivity contribution in [2.45, 2.75) is 39.3 Å². The van der Waals surface area contributed by atoms with Gasteiger partial charge >= 0.3 is 0 Å². The Labute approximate surface area is 97.0 Å². The number of methoxy groups -OCH3 is 1. The summed E-state index contributed by atoms with van der Waals surface area (Å²) in [6.07, 6.45) is 2.07. The zero-order chi connectivity index (χ0) is 11.5. The van der Waals surface area contributed by atoms with Crippen molar-refractivity contribution in [2.24, 2.45) is 0 Å². The number of hydrogen-bond acceptors (Lipinski definition) is 3. The summed E-state index contributed by atoms with van der Waals surface area (Å²) in [6.45, 7) is 7.09. The molecule has 0 saturated heterocycles. The molecule has 0 aliphatic carbocycles. The molecule has 0 radical (unpaired) electrons. The minimum atomic E-state index is 0.384. The third kappa shape index (κ3) is 1.99. The van der Waals surface area contributed by atoms with Crippen LogP contribution in [0.1, 0.15) is 37.1 Å². The van der Waals surface area contributed by atoms with Gasteiger partial charge in [-0.05, 0) is 6.92 Å². The van der Waals surface area contributed by atoms with E-state index in [1.807, 2.05) is 0 Å². The van der Waals surface area contributed by atoms with Crippen LogP contribution in [0.25, 0.3) is 0 Å². The molecule has 1 N–H and O–H groups in total. The monoisotopic (exact) mass is 223 g/mol. The number of aryl methyl sites for hydroxylation is 1. The van der Waals surface area contributed by atoms with Crippen molar-refractivity contribution >= 4 is 0 Å². The number of aromatic nitrogens is 2. The van der Waals surface area contributed by atoms with Crippen LogP contribution < -0.4 is 5.32 Å². The molecular formula is C12H21N3O. The lowest BCUT2D eigenvalue weighted by Gasteiger charge is -2.21. The third-order valence-corrected chi connectivity index (χ3v) is 3.16. The van der Waals surface area contributed by atoms with Gasteiger partial charge in [0, 0.05) is 38.7 Å². The topological polar surface area (TPSA) is 39.1 Å². The first-order chi connectivity index (χ1) is 7.77. The van der Waals surface area contributed by atoms with Crippen molar-refractivity contribution < 1.29 is 4.74 Å². The van der Waals surface area contributed by atoms with Gasteiger partial charge < -0.3 is 14.6 Å². The van der Waals surface area contributed by atoms with Crippen LogP contribution in [-0.2, 0) is 24.1 Å². The Morgan fingerprint density at radius 2 is 2.38 bits per heavy atom. The van der Waals surface area contributed by atoms with Gasteiger partial charge in [-0.3, -0.25) is 0 Å². The van der Waals surface area contributed by atoms with Crippen LogP contribution in [0.3, 0.4) is 0 Å². The maximum atomic E-state index is 5.25. The maximum absolute atomic E-state index is 5.25. The number of nitrogens with one attached hydrogen (secondary N) is 1. The Morgan fingerprint density at radius 1 is 1.56 bits per heavy atom. The van der Waals surface area contributed by atoms with Gasteiger partial charge in [-0.15, -0.1) is 0 Å². The normalized spacial score (nSPS) is 17.2. The molecule has 1 aliphatic heterocycles. The number of imidazole rings is 1. The molecule has 2 heterocycles. The van der Waals surface area contributed by atoms with E-state index in [4.69, 9.17) is 9.72 Å². The zero-order valence-corrected chi connectivity index (χ0v) is 10.4.